The van der Waals surface area contributed by atoms with Gasteiger partial charge in [-0.15, -0.1) is 0 Å². The number of nitrogens with zero attached hydrogens (tertiary/aromatic N) is 1. The molecule has 5 nitrogen and oxygen atoms in total. The number of rotatable bonds is 4. The Kier molecular flexibility index (Phi) is 4.17. The van der Waals surface area contributed by atoms with Crippen molar-refractivity contribution in [2.45, 2.75) is 12.8 Å². The Labute approximate surface area is 151 Å². The van der Waals surface area contributed by atoms with Crippen LogP contribution in [0.25, 0.3) is 22.0 Å². The molecule has 3 aromatic rings. The first kappa shape index (κ1) is 16.1. The van der Waals surface area contributed by atoms with Gasteiger partial charge in [-0.3, -0.25) is 0 Å². The average molecular weight is 353 g/mol. The molecular formula is C19H19N3O2S. The molecule has 2 heterocycles. The lowest BCUT2D eigenvalue weighted by atomic mass is 10.0. The van der Waals surface area contributed by atoms with E-state index in [4.69, 9.17) is 33.2 Å². The maximum atomic E-state index is 6.00. The van der Waals surface area contributed by atoms with Gasteiger partial charge in [0.15, 0.2) is 6.29 Å². The van der Waals surface area contributed by atoms with Crippen LogP contribution in [0.1, 0.15) is 5.56 Å². The van der Waals surface area contributed by atoms with Crippen LogP contribution in [-0.2, 0) is 16.0 Å². The number of hydrogen-bond donors (Lipinski definition) is 2. The lowest BCUT2D eigenvalue weighted by molar-refractivity contribution is -0.0516. The van der Waals surface area contributed by atoms with E-state index in [-0.39, 0.29) is 6.29 Å². The first-order valence-electron chi connectivity index (χ1n) is 8.13. The topological polar surface area (TPSA) is 75.4 Å². The van der Waals surface area contributed by atoms with Crippen molar-refractivity contribution < 1.29 is 9.47 Å². The van der Waals surface area contributed by atoms with Gasteiger partial charge >= 0.3 is 0 Å². The smallest absolute Gasteiger partial charge is 0.175 e. The summed E-state index contributed by atoms with van der Waals surface area (Å²) in [7, 11) is 0. The van der Waals surface area contributed by atoms with Crippen molar-refractivity contribution in [3.8, 4) is 11.1 Å². The van der Waals surface area contributed by atoms with Crippen LogP contribution < -0.4 is 11.5 Å². The molecule has 6 heteroatoms. The summed E-state index contributed by atoms with van der Waals surface area (Å²) in [6.07, 6.45) is 1.88. The van der Waals surface area contributed by atoms with E-state index in [0.29, 0.717) is 24.7 Å². The highest BCUT2D eigenvalue weighted by Gasteiger charge is 2.19. The summed E-state index contributed by atoms with van der Waals surface area (Å²) in [5, 5.41) is 1.12. The molecule has 1 saturated heterocycles. The lowest BCUT2D eigenvalue weighted by Crippen LogP contribution is -2.16. The normalized spacial score (nSPS) is 15.0. The minimum absolute atomic E-state index is 0.229. The highest BCUT2D eigenvalue weighted by molar-refractivity contribution is 7.80. The van der Waals surface area contributed by atoms with Crippen LogP contribution in [0.5, 0.6) is 0 Å². The van der Waals surface area contributed by atoms with Crippen molar-refractivity contribution in [1.82, 2.24) is 4.57 Å². The van der Waals surface area contributed by atoms with Gasteiger partial charge in [0.05, 0.1) is 25.3 Å². The van der Waals surface area contributed by atoms with E-state index in [1.807, 2.05) is 36.4 Å². The number of nitrogens with two attached hydrogens (primary N) is 2. The molecule has 4 N–H and O–H groups in total. The van der Waals surface area contributed by atoms with Gasteiger partial charge in [0.25, 0.3) is 0 Å². The molecule has 1 aromatic heterocycles. The number of benzene rings is 2. The van der Waals surface area contributed by atoms with E-state index in [2.05, 4.69) is 16.8 Å². The Bertz CT molecular complexity index is 945. The van der Waals surface area contributed by atoms with Gasteiger partial charge in [-0.25, -0.2) is 0 Å². The zero-order valence-electron chi connectivity index (χ0n) is 13.6. The molecular weight excluding hydrogens is 334 g/mol. The summed E-state index contributed by atoms with van der Waals surface area (Å²) in [5.41, 5.74) is 16.6. The minimum atomic E-state index is -0.229. The van der Waals surface area contributed by atoms with Crippen molar-refractivity contribution in [2.24, 2.45) is 5.73 Å². The van der Waals surface area contributed by atoms with E-state index >= 15 is 0 Å². The van der Waals surface area contributed by atoms with Gasteiger partial charge in [-0.2, -0.15) is 0 Å². The second-order valence-corrected chi connectivity index (χ2v) is 6.53. The zero-order valence-corrected chi connectivity index (χ0v) is 14.5. The fraction of sp³-hybridized carbons (Fsp3) is 0.211. The summed E-state index contributed by atoms with van der Waals surface area (Å²) in [5.74, 6) is 0. The van der Waals surface area contributed by atoms with E-state index in [1.54, 1.807) is 0 Å². The Morgan fingerprint density at radius 3 is 2.72 bits per heavy atom. The predicted octanol–water partition coefficient (Wildman–Crippen LogP) is 2.90. The van der Waals surface area contributed by atoms with Gasteiger partial charge in [0, 0.05) is 28.4 Å². The molecule has 1 fully saturated rings. The first-order valence-corrected chi connectivity index (χ1v) is 8.54. The number of fused-ring (bicyclic) bond motifs is 1. The number of ether oxygens (including phenoxy) is 2. The first-order chi connectivity index (χ1) is 12.1. The Hall–Kier alpha value is -2.41. The maximum absolute atomic E-state index is 6.00. The van der Waals surface area contributed by atoms with Crippen molar-refractivity contribution >= 4 is 33.8 Å². The summed E-state index contributed by atoms with van der Waals surface area (Å²) in [6, 6.07) is 13.9. The summed E-state index contributed by atoms with van der Waals surface area (Å²) in [4.78, 5) is 0.391. The van der Waals surface area contributed by atoms with E-state index in [9.17, 15) is 0 Å². The second-order valence-electron chi connectivity index (χ2n) is 6.09. The summed E-state index contributed by atoms with van der Waals surface area (Å²) >= 11 is 5.11. The quantitative estimate of drug-likeness (QED) is 0.557. The number of aromatic nitrogens is 1. The molecule has 0 amide bonds. The molecule has 0 spiro atoms. The Balaban J connectivity index is 1.83. The lowest BCUT2D eigenvalue weighted by Gasteiger charge is -2.11. The van der Waals surface area contributed by atoms with Crippen LogP contribution in [0, 0.1) is 0 Å². The highest BCUT2D eigenvalue weighted by atomic mass is 32.1. The number of anilines is 1. The third-order valence-electron chi connectivity index (χ3n) is 4.40. The van der Waals surface area contributed by atoms with Crippen molar-refractivity contribution in [3.63, 3.8) is 0 Å². The van der Waals surface area contributed by atoms with Crippen LogP contribution in [0.15, 0.2) is 48.7 Å². The molecule has 1 aliphatic heterocycles. The SMILES string of the molecule is NC(=S)c1cccc(-c2cn(CC3OCCO3)c3cc(N)ccc23)c1. The maximum Gasteiger partial charge on any atom is 0.175 e. The molecule has 0 unspecified atom stereocenters. The monoisotopic (exact) mass is 353 g/mol. The molecule has 0 atom stereocenters. The molecule has 0 radical (unpaired) electrons. The number of nitrogen functional groups attached to an aromatic ring is 1. The van der Waals surface area contributed by atoms with Gasteiger partial charge in [-0.1, -0.05) is 36.5 Å². The van der Waals surface area contributed by atoms with Crippen LogP contribution in [0.2, 0.25) is 0 Å². The molecule has 2 aromatic carbocycles. The van der Waals surface area contributed by atoms with Crippen molar-refractivity contribution in [3.05, 3.63) is 54.2 Å². The van der Waals surface area contributed by atoms with Crippen LogP contribution in [0.4, 0.5) is 5.69 Å². The van der Waals surface area contributed by atoms with E-state index in [0.717, 1.165) is 33.3 Å². The Morgan fingerprint density at radius 2 is 1.96 bits per heavy atom. The van der Waals surface area contributed by atoms with Crippen LogP contribution in [-0.4, -0.2) is 29.1 Å². The fourth-order valence-electron chi connectivity index (χ4n) is 3.20. The number of thiocarbonyl (C=S) groups is 1. The molecule has 25 heavy (non-hydrogen) atoms. The molecule has 0 aliphatic carbocycles. The van der Waals surface area contributed by atoms with Crippen molar-refractivity contribution in [1.29, 1.82) is 0 Å². The van der Waals surface area contributed by atoms with Gasteiger partial charge < -0.3 is 25.5 Å². The van der Waals surface area contributed by atoms with Gasteiger partial charge in [0.2, 0.25) is 0 Å². The summed E-state index contributed by atoms with van der Waals surface area (Å²) < 4.78 is 13.3. The van der Waals surface area contributed by atoms with Gasteiger partial charge in [0.1, 0.15) is 4.99 Å². The number of hydrogen-bond acceptors (Lipinski definition) is 4. The third-order valence-corrected chi connectivity index (χ3v) is 4.64. The molecule has 128 valence electrons. The standard InChI is InChI=1S/C19H19N3O2S/c20-14-4-5-15-16(12-2-1-3-13(8-12)19(21)25)10-22(17(15)9-14)11-18-23-6-7-24-18/h1-5,8-10,18H,6-7,11,20H2,(H2,21,25). The van der Waals surface area contributed by atoms with Crippen LogP contribution in [0.3, 0.4) is 0 Å². The zero-order chi connectivity index (χ0) is 17.4. The molecule has 4 rings (SSSR count). The molecule has 0 bridgehead atoms. The molecule has 0 saturated carbocycles. The highest BCUT2D eigenvalue weighted by Crippen LogP contribution is 2.33. The van der Waals surface area contributed by atoms with E-state index in [1.165, 1.54) is 0 Å². The fourth-order valence-corrected chi connectivity index (χ4v) is 3.33. The average Bonchev–Trinajstić information content (AvgIpc) is 3.23. The summed E-state index contributed by atoms with van der Waals surface area (Å²) in [6.45, 7) is 1.89. The predicted molar refractivity (Wildman–Crippen MR) is 103 cm³/mol. The van der Waals surface area contributed by atoms with Crippen molar-refractivity contribution in [2.75, 3.05) is 18.9 Å². The largest absolute Gasteiger partial charge is 0.399 e. The Morgan fingerprint density at radius 1 is 1.16 bits per heavy atom. The second kappa shape index (κ2) is 6.48. The van der Waals surface area contributed by atoms with E-state index < -0.39 is 0 Å². The third kappa shape index (κ3) is 3.11. The molecule has 1 aliphatic rings. The minimum Gasteiger partial charge on any atom is -0.399 e. The van der Waals surface area contributed by atoms with Gasteiger partial charge in [-0.05, 0) is 23.8 Å². The van der Waals surface area contributed by atoms with Crippen LogP contribution >= 0.6 is 12.2 Å².